The molecule has 1 atom stereocenters. The Bertz CT molecular complexity index is 234. The van der Waals surface area contributed by atoms with Crippen LogP contribution in [-0.4, -0.2) is 49.7 Å². The molecule has 0 amide bonds. The fourth-order valence-electron chi connectivity index (χ4n) is 2.47. The first kappa shape index (κ1) is 15.4. The van der Waals surface area contributed by atoms with Gasteiger partial charge in [-0.1, -0.05) is 13.3 Å². The third-order valence-corrected chi connectivity index (χ3v) is 3.40. The smallest absolute Gasteiger partial charge is 0.323 e. The maximum absolute atomic E-state index is 11.9. The lowest BCUT2D eigenvalue weighted by atomic mass is 10.0. The highest BCUT2D eigenvalue weighted by Crippen LogP contribution is 2.18. The zero-order valence-corrected chi connectivity index (χ0v) is 11.9. The summed E-state index contributed by atoms with van der Waals surface area (Å²) in [5.41, 5.74) is 0. The van der Waals surface area contributed by atoms with Crippen molar-refractivity contribution in [2.45, 2.75) is 52.0 Å². The van der Waals surface area contributed by atoms with Crippen molar-refractivity contribution in [3.63, 3.8) is 0 Å². The molecule has 4 nitrogen and oxygen atoms in total. The van der Waals surface area contributed by atoms with E-state index >= 15 is 0 Å². The fraction of sp³-hybridized carbons (Fsp3) is 0.929. The van der Waals surface area contributed by atoms with Crippen LogP contribution in [0.4, 0.5) is 0 Å². The minimum Gasteiger partial charge on any atom is -0.465 e. The number of carbonyl (C=O) groups excluding carboxylic acids is 1. The van der Waals surface area contributed by atoms with Crippen LogP contribution in [0.15, 0.2) is 0 Å². The van der Waals surface area contributed by atoms with Crippen LogP contribution in [0, 0.1) is 0 Å². The van der Waals surface area contributed by atoms with E-state index in [0.717, 1.165) is 45.4 Å². The van der Waals surface area contributed by atoms with Crippen molar-refractivity contribution in [2.75, 3.05) is 32.8 Å². The van der Waals surface area contributed by atoms with Crippen LogP contribution in [0.3, 0.4) is 0 Å². The molecule has 0 bridgehead atoms. The van der Waals surface area contributed by atoms with Crippen molar-refractivity contribution in [2.24, 2.45) is 0 Å². The molecule has 0 aromatic carbocycles. The summed E-state index contributed by atoms with van der Waals surface area (Å²) < 4.78 is 5.16. The molecule has 1 unspecified atom stereocenters. The van der Waals surface area contributed by atoms with Crippen LogP contribution in [0.5, 0.6) is 0 Å². The van der Waals surface area contributed by atoms with E-state index in [2.05, 4.69) is 17.1 Å². The number of likely N-dealkylation sites (tertiary alicyclic amines) is 1. The van der Waals surface area contributed by atoms with Crippen molar-refractivity contribution in [1.29, 1.82) is 0 Å². The minimum atomic E-state index is -0.0290. The Hall–Kier alpha value is -0.610. The lowest BCUT2D eigenvalue weighted by molar-refractivity contribution is -0.150. The van der Waals surface area contributed by atoms with E-state index in [9.17, 15) is 4.79 Å². The third kappa shape index (κ3) is 5.36. The first-order chi connectivity index (χ1) is 8.79. The van der Waals surface area contributed by atoms with Gasteiger partial charge in [-0.2, -0.15) is 0 Å². The predicted molar refractivity (Wildman–Crippen MR) is 73.6 cm³/mol. The molecule has 1 heterocycles. The van der Waals surface area contributed by atoms with Crippen LogP contribution < -0.4 is 5.32 Å². The van der Waals surface area contributed by atoms with Crippen LogP contribution in [-0.2, 0) is 9.53 Å². The summed E-state index contributed by atoms with van der Waals surface area (Å²) in [5.74, 6) is -0.0290. The molecule has 0 aliphatic carbocycles. The van der Waals surface area contributed by atoms with Gasteiger partial charge in [0.25, 0.3) is 0 Å². The number of hydrogen-bond donors (Lipinski definition) is 1. The first-order valence-corrected chi connectivity index (χ1v) is 7.41. The van der Waals surface area contributed by atoms with Crippen molar-refractivity contribution < 1.29 is 9.53 Å². The molecule has 1 aliphatic rings. The molecule has 0 aromatic rings. The van der Waals surface area contributed by atoms with E-state index < -0.39 is 0 Å². The van der Waals surface area contributed by atoms with Crippen LogP contribution in [0.2, 0.25) is 0 Å². The summed E-state index contributed by atoms with van der Waals surface area (Å²) in [6.07, 6.45) is 5.60. The van der Waals surface area contributed by atoms with E-state index in [1.165, 1.54) is 12.8 Å². The van der Waals surface area contributed by atoms with E-state index in [1.54, 1.807) is 0 Å². The van der Waals surface area contributed by atoms with Crippen LogP contribution >= 0.6 is 0 Å². The number of nitrogens with zero attached hydrogens (tertiary/aromatic N) is 1. The monoisotopic (exact) mass is 256 g/mol. The van der Waals surface area contributed by atoms with Gasteiger partial charge in [0.2, 0.25) is 0 Å². The first-order valence-electron chi connectivity index (χ1n) is 7.41. The summed E-state index contributed by atoms with van der Waals surface area (Å²) in [4.78, 5) is 14.2. The quantitative estimate of drug-likeness (QED) is 0.531. The molecular weight excluding hydrogens is 228 g/mol. The van der Waals surface area contributed by atoms with Crippen molar-refractivity contribution in [1.82, 2.24) is 10.2 Å². The van der Waals surface area contributed by atoms with Gasteiger partial charge in [0.15, 0.2) is 0 Å². The Labute approximate surface area is 111 Å². The van der Waals surface area contributed by atoms with Gasteiger partial charge in [-0.25, -0.2) is 0 Å². The number of nitrogens with one attached hydrogen (secondary N) is 1. The fourth-order valence-corrected chi connectivity index (χ4v) is 2.47. The Morgan fingerprint density at radius 2 is 2.17 bits per heavy atom. The molecule has 1 saturated heterocycles. The van der Waals surface area contributed by atoms with Gasteiger partial charge in [0.1, 0.15) is 6.04 Å². The highest BCUT2D eigenvalue weighted by atomic mass is 16.5. The van der Waals surface area contributed by atoms with Gasteiger partial charge in [-0.15, -0.1) is 0 Å². The summed E-state index contributed by atoms with van der Waals surface area (Å²) in [7, 11) is 0. The van der Waals surface area contributed by atoms with Gasteiger partial charge in [-0.3, -0.25) is 9.69 Å². The molecule has 0 spiro atoms. The average molecular weight is 256 g/mol. The zero-order chi connectivity index (χ0) is 13.2. The van der Waals surface area contributed by atoms with E-state index in [1.807, 2.05) is 6.92 Å². The molecule has 0 saturated carbocycles. The molecule has 1 aliphatic heterocycles. The van der Waals surface area contributed by atoms with Gasteiger partial charge < -0.3 is 10.1 Å². The van der Waals surface area contributed by atoms with E-state index in [0.29, 0.717) is 6.61 Å². The molecule has 106 valence electrons. The van der Waals surface area contributed by atoms with Gasteiger partial charge in [0, 0.05) is 6.54 Å². The van der Waals surface area contributed by atoms with Crippen LogP contribution in [0.25, 0.3) is 0 Å². The summed E-state index contributed by atoms with van der Waals surface area (Å²) in [6, 6.07) is 0.00451. The van der Waals surface area contributed by atoms with Crippen LogP contribution in [0.1, 0.15) is 46.0 Å². The maximum Gasteiger partial charge on any atom is 0.323 e. The Balaban J connectivity index is 2.28. The molecule has 0 radical (unpaired) electrons. The summed E-state index contributed by atoms with van der Waals surface area (Å²) in [6.45, 7) is 8.70. The predicted octanol–water partition coefficient (Wildman–Crippen LogP) is 1.79. The van der Waals surface area contributed by atoms with Gasteiger partial charge >= 0.3 is 5.97 Å². The highest BCUT2D eigenvalue weighted by Gasteiger charge is 2.29. The normalized spacial score (nSPS) is 20.9. The molecule has 1 rings (SSSR count). The number of ether oxygens (including phenoxy) is 1. The summed E-state index contributed by atoms with van der Waals surface area (Å²) >= 11 is 0. The number of carbonyl (C=O) groups is 1. The maximum atomic E-state index is 11.9. The number of esters is 1. The molecule has 0 aromatic heterocycles. The largest absolute Gasteiger partial charge is 0.465 e. The Kier molecular flexibility index (Phi) is 8.01. The Morgan fingerprint density at radius 3 is 2.89 bits per heavy atom. The number of rotatable bonds is 8. The summed E-state index contributed by atoms with van der Waals surface area (Å²) in [5, 5.41) is 3.40. The highest BCUT2D eigenvalue weighted by molar-refractivity contribution is 5.75. The van der Waals surface area contributed by atoms with Crippen molar-refractivity contribution in [3.05, 3.63) is 0 Å². The second-order valence-corrected chi connectivity index (χ2v) is 4.90. The second-order valence-electron chi connectivity index (χ2n) is 4.90. The van der Waals surface area contributed by atoms with Crippen molar-refractivity contribution in [3.8, 4) is 0 Å². The number of hydrogen-bond acceptors (Lipinski definition) is 4. The number of piperidine rings is 1. The topological polar surface area (TPSA) is 41.6 Å². The molecule has 1 fully saturated rings. The average Bonchev–Trinajstić information content (AvgIpc) is 2.39. The zero-order valence-electron chi connectivity index (χ0n) is 11.9. The lowest BCUT2D eigenvalue weighted by Crippen LogP contribution is -2.46. The SMILES string of the molecule is CCCNCCCN1CCCCC1C(=O)OCC. The molecule has 4 heteroatoms. The standard InChI is InChI=1S/C14H28N2O2/c1-3-9-15-10-7-12-16-11-6-5-8-13(16)14(17)18-4-2/h13,15H,3-12H2,1-2H3. The third-order valence-electron chi connectivity index (χ3n) is 3.40. The van der Waals surface area contributed by atoms with E-state index in [-0.39, 0.29) is 12.0 Å². The molecule has 1 N–H and O–H groups in total. The van der Waals surface area contributed by atoms with Gasteiger partial charge in [0.05, 0.1) is 6.61 Å². The minimum absolute atomic E-state index is 0.00451. The second kappa shape index (κ2) is 9.34. The van der Waals surface area contributed by atoms with E-state index in [4.69, 9.17) is 4.74 Å². The lowest BCUT2D eigenvalue weighted by Gasteiger charge is -2.33. The van der Waals surface area contributed by atoms with Crippen molar-refractivity contribution >= 4 is 5.97 Å². The Morgan fingerprint density at radius 1 is 1.33 bits per heavy atom. The molecular formula is C14H28N2O2. The molecule has 18 heavy (non-hydrogen) atoms. The van der Waals surface area contributed by atoms with Gasteiger partial charge in [-0.05, 0) is 52.2 Å².